The van der Waals surface area contributed by atoms with Gasteiger partial charge in [-0.3, -0.25) is 0 Å². The van der Waals surface area contributed by atoms with Crippen LogP contribution in [0.4, 0.5) is 0 Å². The molecule has 0 aliphatic rings. The predicted molar refractivity (Wildman–Crippen MR) is 82.1 cm³/mol. The van der Waals surface area contributed by atoms with Gasteiger partial charge in [-0.1, -0.05) is 27.7 Å². The third-order valence-corrected chi connectivity index (χ3v) is 2.97. The van der Waals surface area contributed by atoms with Gasteiger partial charge in [-0.05, 0) is 17.8 Å². The van der Waals surface area contributed by atoms with Crippen LogP contribution < -0.4 is 0 Å². The zero-order valence-corrected chi connectivity index (χ0v) is 13.9. The van der Waals surface area contributed by atoms with Crippen molar-refractivity contribution < 1.29 is 35.4 Å². The number of hydrogen-bond acceptors (Lipinski definition) is 7. The van der Waals surface area contributed by atoms with Crippen molar-refractivity contribution in [2.75, 3.05) is 13.2 Å². The normalized spacial score (nSPS) is 18.5. The molecule has 0 aromatic heterocycles. The average Bonchev–Trinajstić information content (AvgIpc) is 2.42. The van der Waals surface area contributed by atoms with Gasteiger partial charge in [-0.25, -0.2) is 0 Å². The summed E-state index contributed by atoms with van der Waals surface area (Å²) in [6.45, 7) is 7.28. The summed E-state index contributed by atoms with van der Waals surface area (Å²) in [6, 6.07) is 0. The fourth-order valence-electron chi connectivity index (χ4n) is 1.96. The average molecular weight is 324 g/mol. The third-order valence-electron chi connectivity index (χ3n) is 2.97. The van der Waals surface area contributed by atoms with E-state index in [1.165, 1.54) is 0 Å². The van der Waals surface area contributed by atoms with Gasteiger partial charge in [-0.15, -0.1) is 0 Å². The van der Waals surface area contributed by atoms with Crippen molar-refractivity contribution in [1.82, 2.24) is 0 Å². The second kappa shape index (κ2) is 11.9. The number of carbonyl (C=O) groups is 1. The van der Waals surface area contributed by atoms with Gasteiger partial charge in [-0.2, -0.15) is 0 Å². The second-order valence-corrected chi connectivity index (χ2v) is 6.75. The maximum Gasteiger partial charge on any atom is 0.120 e. The summed E-state index contributed by atoms with van der Waals surface area (Å²) in [6.07, 6.45) is -3.55. The fourth-order valence-corrected chi connectivity index (χ4v) is 1.96. The van der Waals surface area contributed by atoms with E-state index in [0.29, 0.717) is 17.8 Å². The topological polar surface area (TPSA) is 138 Å². The minimum Gasteiger partial charge on any atom is -0.394 e. The lowest BCUT2D eigenvalue weighted by Crippen LogP contribution is -2.46. The van der Waals surface area contributed by atoms with Crippen LogP contribution in [-0.4, -0.2) is 74.6 Å². The van der Waals surface area contributed by atoms with E-state index >= 15 is 0 Å². The Bertz CT molecular complexity index is 264. The van der Waals surface area contributed by atoms with E-state index in [1.54, 1.807) is 0 Å². The molecule has 22 heavy (non-hydrogen) atoms. The lowest BCUT2D eigenvalue weighted by atomic mass is 9.84. The van der Waals surface area contributed by atoms with Gasteiger partial charge in [0.05, 0.1) is 13.2 Å². The van der Waals surface area contributed by atoms with Gasteiger partial charge in [0, 0.05) is 6.42 Å². The highest BCUT2D eigenvalue weighted by Gasteiger charge is 2.29. The molecule has 6 N–H and O–H groups in total. The smallest absolute Gasteiger partial charge is 0.120 e. The lowest BCUT2D eigenvalue weighted by Gasteiger charge is -2.24. The molecule has 0 saturated heterocycles. The summed E-state index contributed by atoms with van der Waals surface area (Å²) >= 11 is 0. The number of rotatable bonds is 8. The summed E-state index contributed by atoms with van der Waals surface area (Å²) in [4.78, 5) is 10.1. The molecule has 0 fully saturated rings. The molecule has 0 aliphatic carbocycles. The maximum absolute atomic E-state index is 10.1. The van der Waals surface area contributed by atoms with E-state index in [2.05, 4.69) is 27.7 Å². The molecule has 0 aromatic rings. The number of hydrogen-bond donors (Lipinski definition) is 6. The summed E-state index contributed by atoms with van der Waals surface area (Å²) in [5.41, 5.74) is 0.364. The molecule has 134 valence electrons. The predicted octanol–water partition coefficient (Wildman–Crippen LogP) is -0.938. The van der Waals surface area contributed by atoms with Crippen molar-refractivity contribution in [2.24, 2.45) is 11.3 Å². The third kappa shape index (κ3) is 12.0. The molecule has 0 radical (unpaired) electrons. The minimum absolute atomic E-state index is 0.364. The van der Waals surface area contributed by atoms with E-state index in [1.807, 2.05) is 0 Å². The minimum atomic E-state index is -1.67. The summed E-state index contributed by atoms with van der Waals surface area (Å²) < 4.78 is 0. The zero-order chi connectivity index (χ0) is 17.9. The van der Waals surface area contributed by atoms with Crippen LogP contribution in [-0.2, 0) is 4.79 Å². The SMILES string of the molecule is CC(CC=O)CC(C)(C)C.OC[C@@H](O)[C@@H](O)[C@H](O)[C@@H](O)CO. The summed E-state index contributed by atoms with van der Waals surface area (Å²) in [7, 11) is 0. The van der Waals surface area contributed by atoms with Gasteiger partial charge < -0.3 is 35.4 Å². The first-order valence-corrected chi connectivity index (χ1v) is 7.37. The van der Waals surface area contributed by atoms with E-state index in [9.17, 15) is 4.79 Å². The first-order valence-electron chi connectivity index (χ1n) is 7.37. The first kappa shape index (κ1) is 23.7. The quantitative estimate of drug-likeness (QED) is 0.317. The molecule has 7 heteroatoms. The first-order chi connectivity index (χ1) is 9.99. The Hall–Kier alpha value is -0.570. The maximum atomic E-state index is 10.1. The molecule has 7 nitrogen and oxygen atoms in total. The van der Waals surface area contributed by atoms with Gasteiger partial charge in [0.15, 0.2) is 0 Å². The molecule has 0 heterocycles. The molecule has 0 rings (SSSR count). The van der Waals surface area contributed by atoms with Gasteiger partial charge >= 0.3 is 0 Å². The molecular weight excluding hydrogens is 292 g/mol. The largest absolute Gasteiger partial charge is 0.394 e. The van der Waals surface area contributed by atoms with Gasteiger partial charge in [0.1, 0.15) is 30.7 Å². The summed E-state index contributed by atoms with van der Waals surface area (Å²) in [5, 5.41) is 52.2. The Morgan fingerprint density at radius 2 is 1.27 bits per heavy atom. The van der Waals surface area contributed by atoms with Gasteiger partial charge in [0.2, 0.25) is 0 Å². The zero-order valence-electron chi connectivity index (χ0n) is 13.9. The van der Waals surface area contributed by atoms with Crippen molar-refractivity contribution in [2.45, 2.75) is 65.0 Å². The molecular formula is C15H32O7. The fraction of sp³-hybridized carbons (Fsp3) is 0.933. The van der Waals surface area contributed by atoms with E-state index in [-0.39, 0.29) is 0 Å². The summed E-state index contributed by atoms with van der Waals surface area (Å²) in [5.74, 6) is 0.539. The van der Waals surface area contributed by atoms with E-state index in [4.69, 9.17) is 30.6 Å². The molecule has 0 amide bonds. The van der Waals surface area contributed by atoms with Crippen LogP contribution in [0.1, 0.15) is 40.5 Å². The molecule has 5 atom stereocenters. The van der Waals surface area contributed by atoms with Crippen LogP contribution >= 0.6 is 0 Å². The monoisotopic (exact) mass is 324 g/mol. The van der Waals surface area contributed by atoms with Crippen molar-refractivity contribution in [3.8, 4) is 0 Å². The highest BCUT2D eigenvalue weighted by atomic mass is 16.4. The lowest BCUT2D eigenvalue weighted by molar-refractivity contribution is -0.123. The molecule has 0 spiro atoms. The van der Waals surface area contributed by atoms with Crippen LogP contribution in [0, 0.1) is 11.3 Å². The second-order valence-electron chi connectivity index (χ2n) is 6.75. The molecule has 0 aliphatic heterocycles. The van der Waals surface area contributed by atoms with E-state index in [0.717, 1.165) is 12.7 Å². The Labute approximate surface area is 132 Å². The Kier molecular flexibility index (Phi) is 12.8. The number of aliphatic hydroxyl groups is 6. The van der Waals surface area contributed by atoms with Crippen molar-refractivity contribution in [1.29, 1.82) is 0 Å². The van der Waals surface area contributed by atoms with Crippen molar-refractivity contribution in [3.05, 3.63) is 0 Å². The van der Waals surface area contributed by atoms with Crippen LogP contribution in [0.25, 0.3) is 0 Å². The Balaban J connectivity index is 0. The number of carbonyl (C=O) groups excluding carboxylic acids is 1. The molecule has 0 aromatic carbocycles. The highest BCUT2D eigenvalue weighted by Crippen LogP contribution is 2.25. The van der Waals surface area contributed by atoms with Crippen molar-refractivity contribution in [3.63, 3.8) is 0 Å². The van der Waals surface area contributed by atoms with Crippen LogP contribution in [0.15, 0.2) is 0 Å². The number of aliphatic hydroxyl groups excluding tert-OH is 6. The highest BCUT2D eigenvalue weighted by molar-refractivity contribution is 5.49. The molecule has 0 saturated carbocycles. The molecule has 1 unspecified atom stereocenters. The Morgan fingerprint density at radius 1 is 0.909 bits per heavy atom. The van der Waals surface area contributed by atoms with Gasteiger partial charge in [0.25, 0.3) is 0 Å². The van der Waals surface area contributed by atoms with Crippen molar-refractivity contribution >= 4 is 6.29 Å². The molecule has 0 bridgehead atoms. The van der Waals surface area contributed by atoms with Crippen LogP contribution in [0.3, 0.4) is 0 Å². The van der Waals surface area contributed by atoms with Crippen LogP contribution in [0.5, 0.6) is 0 Å². The van der Waals surface area contributed by atoms with E-state index < -0.39 is 37.6 Å². The standard InChI is InChI=1S/C9H18O.C6H14O6/c1-8(5-6-10)7-9(2,3)4;7-1-3(9)5(11)6(12)4(10)2-8/h6,8H,5,7H2,1-4H3;3-12H,1-2H2/t;3-,4+,5-,6-/m.1/s1. The number of aldehydes is 1. The Morgan fingerprint density at radius 3 is 1.50 bits per heavy atom. The van der Waals surface area contributed by atoms with Crippen LogP contribution in [0.2, 0.25) is 0 Å².